The molecule has 0 heterocycles. The average molecular weight is 375 g/mol. The van der Waals surface area contributed by atoms with Crippen LogP contribution in [0.1, 0.15) is 15.9 Å². The van der Waals surface area contributed by atoms with Crippen molar-refractivity contribution in [3.8, 4) is 11.1 Å². The maximum atomic E-state index is 12.8. The molecule has 26 heavy (non-hydrogen) atoms. The highest BCUT2D eigenvalue weighted by atomic mass is 32.2. The minimum atomic E-state index is -4.09. The first-order valence-electron chi connectivity index (χ1n) is 7.71. The molecule has 0 atom stereocenters. The minimum Gasteiger partial charge on any atom is -0.465 e. The lowest BCUT2D eigenvalue weighted by Crippen LogP contribution is -2.12. The van der Waals surface area contributed by atoms with Crippen LogP contribution < -0.4 is 5.73 Å². The van der Waals surface area contributed by atoms with Gasteiger partial charge in [0.15, 0.2) is 0 Å². The number of ether oxygens (including phenoxy) is 1. The molecule has 0 unspecified atom stereocenters. The maximum absolute atomic E-state index is 12.8. The number of aryl methyl sites for hydroxylation is 1. The lowest BCUT2D eigenvalue weighted by Gasteiger charge is -2.14. The van der Waals surface area contributed by atoms with Gasteiger partial charge in [0.1, 0.15) is 11.2 Å². The third-order valence-corrected chi connectivity index (χ3v) is 4.84. The zero-order valence-corrected chi connectivity index (χ0v) is 15.9. The molecule has 0 aliphatic carbocycles. The number of methoxy groups -OCH3 is 1. The minimum absolute atomic E-state index is 0.0412. The van der Waals surface area contributed by atoms with Crippen LogP contribution in [-0.4, -0.2) is 46.8 Å². The normalized spacial score (nSPS) is 11.5. The van der Waals surface area contributed by atoms with Crippen LogP contribution >= 0.6 is 0 Å². The first-order valence-corrected chi connectivity index (χ1v) is 9.15. The van der Waals surface area contributed by atoms with Gasteiger partial charge in [0.25, 0.3) is 10.0 Å². The van der Waals surface area contributed by atoms with Gasteiger partial charge in [0, 0.05) is 25.3 Å². The number of anilines is 1. The van der Waals surface area contributed by atoms with Crippen LogP contribution in [0.15, 0.2) is 45.7 Å². The van der Waals surface area contributed by atoms with Gasteiger partial charge in [-0.1, -0.05) is 29.8 Å². The summed E-state index contributed by atoms with van der Waals surface area (Å²) in [6.07, 6.45) is 1.18. The van der Waals surface area contributed by atoms with Crippen LogP contribution in [0.4, 0.5) is 5.69 Å². The Kier molecular flexibility index (Phi) is 5.66. The number of sulfonamides is 1. The molecule has 0 amide bonds. The van der Waals surface area contributed by atoms with Crippen molar-refractivity contribution >= 4 is 28.0 Å². The topological polar surface area (TPSA) is 102 Å². The number of esters is 1. The largest absolute Gasteiger partial charge is 0.465 e. The number of hydrogen-bond acceptors (Lipinski definition) is 5. The lowest BCUT2D eigenvalue weighted by molar-refractivity contribution is 0.0600. The van der Waals surface area contributed by atoms with Crippen molar-refractivity contribution in [2.45, 2.75) is 11.8 Å². The molecule has 7 nitrogen and oxygen atoms in total. The Morgan fingerprint density at radius 2 is 1.81 bits per heavy atom. The average Bonchev–Trinajstić information content (AvgIpc) is 2.59. The molecule has 0 saturated carbocycles. The number of benzene rings is 2. The summed E-state index contributed by atoms with van der Waals surface area (Å²) in [6.45, 7) is 1.92. The van der Waals surface area contributed by atoms with Crippen LogP contribution in [0.3, 0.4) is 0 Å². The third kappa shape index (κ3) is 4.20. The number of nitrogens with two attached hydrogens (primary N) is 1. The van der Waals surface area contributed by atoms with Gasteiger partial charge >= 0.3 is 5.97 Å². The second-order valence-electron chi connectivity index (χ2n) is 5.96. The first kappa shape index (κ1) is 19.5. The fourth-order valence-electron chi connectivity index (χ4n) is 2.32. The van der Waals surface area contributed by atoms with Gasteiger partial charge in [-0.3, -0.25) is 0 Å². The molecule has 138 valence electrons. The monoisotopic (exact) mass is 375 g/mol. The first-order chi connectivity index (χ1) is 12.2. The zero-order chi connectivity index (χ0) is 19.5. The fraction of sp³-hybridized carbons (Fsp3) is 0.222. The Morgan fingerprint density at radius 1 is 1.19 bits per heavy atom. The number of nitrogens with zero attached hydrogens (tertiary/aromatic N) is 2. The molecule has 0 aliphatic heterocycles. The highest BCUT2D eigenvalue weighted by molar-refractivity contribution is 7.90. The van der Waals surface area contributed by atoms with Crippen LogP contribution in [0.25, 0.3) is 11.1 Å². The molecule has 0 radical (unpaired) electrons. The second-order valence-corrected chi connectivity index (χ2v) is 7.56. The van der Waals surface area contributed by atoms with E-state index in [1.54, 1.807) is 26.2 Å². The highest BCUT2D eigenvalue weighted by Gasteiger charge is 2.24. The molecular weight excluding hydrogens is 354 g/mol. The van der Waals surface area contributed by atoms with Gasteiger partial charge < -0.3 is 15.4 Å². The number of hydrogen-bond donors (Lipinski definition) is 1. The predicted octanol–water partition coefficient (Wildman–Crippen LogP) is 2.31. The highest BCUT2D eigenvalue weighted by Crippen LogP contribution is 2.35. The van der Waals surface area contributed by atoms with E-state index in [0.29, 0.717) is 11.1 Å². The molecule has 0 saturated heterocycles. The number of rotatable bonds is 5. The quantitative estimate of drug-likeness (QED) is 0.372. The summed E-state index contributed by atoms with van der Waals surface area (Å²) in [5.74, 6) is -0.680. The van der Waals surface area contributed by atoms with Crippen molar-refractivity contribution in [3.05, 3.63) is 47.5 Å². The van der Waals surface area contributed by atoms with Crippen LogP contribution in [0.5, 0.6) is 0 Å². The van der Waals surface area contributed by atoms with E-state index in [2.05, 4.69) is 9.13 Å². The van der Waals surface area contributed by atoms with Crippen molar-refractivity contribution in [2.24, 2.45) is 4.40 Å². The van der Waals surface area contributed by atoms with E-state index in [1.165, 1.54) is 30.5 Å². The molecule has 8 heteroatoms. The van der Waals surface area contributed by atoms with E-state index in [-0.39, 0.29) is 16.1 Å². The second kappa shape index (κ2) is 7.57. The summed E-state index contributed by atoms with van der Waals surface area (Å²) in [6, 6.07) is 9.88. The van der Waals surface area contributed by atoms with Crippen LogP contribution in [-0.2, 0) is 14.8 Å². The van der Waals surface area contributed by atoms with Crippen molar-refractivity contribution < 1.29 is 17.9 Å². The maximum Gasteiger partial charge on any atom is 0.337 e. The Hall–Kier alpha value is -2.87. The molecule has 2 rings (SSSR count). The van der Waals surface area contributed by atoms with Gasteiger partial charge in [-0.05, 0) is 24.6 Å². The van der Waals surface area contributed by atoms with Crippen molar-refractivity contribution in [1.29, 1.82) is 0 Å². The Balaban J connectivity index is 2.78. The number of carbonyl (C=O) groups is 1. The Morgan fingerprint density at radius 3 is 2.35 bits per heavy atom. The fourth-order valence-corrected chi connectivity index (χ4v) is 3.51. The van der Waals surface area contributed by atoms with Gasteiger partial charge in [0.2, 0.25) is 0 Å². The SMILES string of the molecule is COC(=O)c1cc(N)c(-c2ccc(C)cc2)c(S(=O)(=O)/N=C/N(C)C)c1. The molecule has 2 aromatic carbocycles. The van der Waals surface area contributed by atoms with E-state index < -0.39 is 16.0 Å². The molecule has 0 bridgehead atoms. The molecule has 2 aromatic rings. The molecule has 0 fully saturated rings. The Labute approximate surface area is 153 Å². The van der Waals surface area contributed by atoms with Crippen LogP contribution in [0.2, 0.25) is 0 Å². The zero-order valence-electron chi connectivity index (χ0n) is 15.1. The van der Waals surface area contributed by atoms with E-state index >= 15 is 0 Å². The van der Waals surface area contributed by atoms with E-state index in [9.17, 15) is 13.2 Å². The van der Waals surface area contributed by atoms with Crippen LogP contribution in [0, 0.1) is 6.92 Å². The molecule has 0 aliphatic rings. The third-order valence-electron chi connectivity index (χ3n) is 3.59. The molecule has 2 N–H and O–H groups in total. The summed E-state index contributed by atoms with van der Waals surface area (Å²) in [4.78, 5) is 13.2. The molecule has 0 spiro atoms. The summed E-state index contributed by atoms with van der Waals surface area (Å²) >= 11 is 0. The Bertz CT molecular complexity index is 949. The summed E-state index contributed by atoms with van der Waals surface area (Å²) in [7, 11) is 0.426. The number of carbonyl (C=O) groups excluding carboxylic acids is 1. The summed E-state index contributed by atoms with van der Waals surface area (Å²) in [5, 5.41) is 0. The van der Waals surface area contributed by atoms with Gasteiger partial charge in [-0.2, -0.15) is 8.42 Å². The number of nitrogen functional groups attached to an aromatic ring is 1. The molecular formula is C18H21N3O4S. The van der Waals surface area contributed by atoms with Crippen molar-refractivity contribution in [1.82, 2.24) is 4.90 Å². The lowest BCUT2D eigenvalue weighted by atomic mass is 10.0. The van der Waals surface area contributed by atoms with E-state index in [1.807, 2.05) is 19.1 Å². The van der Waals surface area contributed by atoms with Crippen molar-refractivity contribution in [2.75, 3.05) is 26.9 Å². The van der Waals surface area contributed by atoms with Gasteiger partial charge in [0.05, 0.1) is 12.7 Å². The smallest absolute Gasteiger partial charge is 0.337 e. The summed E-state index contributed by atoms with van der Waals surface area (Å²) < 4.78 is 33.9. The van der Waals surface area contributed by atoms with E-state index in [0.717, 1.165) is 5.56 Å². The predicted molar refractivity (Wildman–Crippen MR) is 102 cm³/mol. The van der Waals surface area contributed by atoms with Crippen molar-refractivity contribution in [3.63, 3.8) is 0 Å². The van der Waals surface area contributed by atoms with Gasteiger partial charge in [-0.15, -0.1) is 4.40 Å². The summed E-state index contributed by atoms with van der Waals surface area (Å²) in [5.41, 5.74) is 8.23. The van der Waals surface area contributed by atoms with Gasteiger partial charge in [-0.25, -0.2) is 4.79 Å². The standard InChI is InChI=1S/C18H21N3O4S/c1-12-5-7-13(8-6-12)17-15(19)9-14(18(22)25-4)10-16(17)26(23,24)20-11-21(2)3/h5-11H,19H2,1-4H3/b20-11+. The van der Waals surface area contributed by atoms with E-state index in [4.69, 9.17) is 5.73 Å². The molecule has 0 aromatic heterocycles.